The lowest BCUT2D eigenvalue weighted by atomic mass is 10.1. The van der Waals surface area contributed by atoms with E-state index >= 15 is 0 Å². The molecule has 1 heterocycles. The van der Waals surface area contributed by atoms with E-state index in [-0.39, 0.29) is 11.9 Å². The second kappa shape index (κ2) is 6.71. The van der Waals surface area contributed by atoms with Crippen LogP contribution in [0.2, 0.25) is 0 Å². The number of benzene rings is 1. The van der Waals surface area contributed by atoms with Crippen LogP contribution in [0.1, 0.15) is 36.8 Å². The van der Waals surface area contributed by atoms with Gasteiger partial charge in [-0.25, -0.2) is 0 Å². The lowest BCUT2D eigenvalue weighted by Gasteiger charge is -2.23. The highest BCUT2D eigenvalue weighted by Crippen LogP contribution is 2.12. The first-order valence-electron chi connectivity index (χ1n) is 7.21. The van der Waals surface area contributed by atoms with Gasteiger partial charge >= 0.3 is 0 Å². The van der Waals surface area contributed by atoms with Crippen LogP contribution in [0.3, 0.4) is 0 Å². The average Bonchev–Trinajstić information content (AvgIpc) is 2.69. The first-order valence-corrected chi connectivity index (χ1v) is 7.21. The van der Waals surface area contributed by atoms with Gasteiger partial charge in [0.05, 0.1) is 6.04 Å². The molecule has 1 aliphatic heterocycles. The van der Waals surface area contributed by atoms with Crippen molar-refractivity contribution >= 4 is 5.91 Å². The summed E-state index contributed by atoms with van der Waals surface area (Å²) < 4.78 is 0. The van der Waals surface area contributed by atoms with Crippen LogP contribution in [-0.2, 0) is 11.3 Å². The molecule has 19 heavy (non-hydrogen) atoms. The fraction of sp³-hybridized carbons (Fsp3) is 0.562. The molecule has 0 saturated carbocycles. The second-order valence-electron chi connectivity index (χ2n) is 5.54. The van der Waals surface area contributed by atoms with Crippen LogP contribution in [-0.4, -0.2) is 30.4 Å². The van der Waals surface area contributed by atoms with Crippen molar-refractivity contribution in [1.82, 2.24) is 10.2 Å². The SMILES string of the molecule is Cc1ccc(CN(C)C(=O)C2CCCCCN2)cc1. The predicted octanol–water partition coefficient (Wildman–Crippen LogP) is 2.49. The zero-order valence-electron chi connectivity index (χ0n) is 12.0. The van der Waals surface area contributed by atoms with Gasteiger partial charge in [-0.2, -0.15) is 0 Å². The van der Waals surface area contributed by atoms with Crippen molar-refractivity contribution < 1.29 is 4.79 Å². The van der Waals surface area contributed by atoms with Gasteiger partial charge in [0.2, 0.25) is 5.91 Å². The zero-order chi connectivity index (χ0) is 13.7. The molecular weight excluding hydrogens is 236 g/mol. The van der Waals surface area contributed by atoms with Crippen LogP contribution in [0.4, 0.5) is 0 Å². The molecule has 1 saturated heterocycles. The molecule has 1 N–H and O–H groups in total. The first kappa shape index (κ1) is 14.1. The minimum Gasteiger partial charge on any atom is -0.340 e. The Morgan fingerprint density at radius 1 is 1.26 bits per heavy atom. The molecule has 1 aliphatic rings. The number of rotatable bonds is 3. The molecule has 3 nitrogen and oxygen atoms in total. The Balaban J connectivity index is 1.92. The maximum absolute atomic E-state index is 12.4. The van der Waals surface area contributed by atoms with Crippen molar-refractivity contribution in [1.29, 1.82) is 0 Å². The topological polar surface area (TPSA) is 32.3 Å². The Kier molecular flexibility index (Phi) is 4.97. The molecule has 104 valence electrons. The summed E-state index contributed by atoms with van der Waals surface area (Å²) >= 11 is 0. The van der Waals surface area contributed by atoms with E-state index in [4.69, 9.17) is 0 Å². The van der Waals surface area contributed by atoms with Crippen LogP contribution in [0.15, 0.2) is 24.3 Å². The van der Waals surface area contributed by atoms with E-state index in [0.717, 1.165) is 19.4 Å². The first-order chi connectivity index (χ1) is 9.16. The molecule has 3 heteroatoms. The van der Waals surface area contributed by atoms with Crippen molar-refractivity contribution in [2.75, 3.05) is 13.6 Å². The molecule has 2 rings (SSSR count). The fourth-order valence-corrected chi connectivity index (χ4v) is 2.55. The summed E-state index contributed by atoms with van der Waals surface area (Å²) in [5.74, 6) is 0.225. The van der Waals surface area contributed by atoms with Crippen molar-refractivity contribution in [3.05, 3.63) is 35.4 Å². The summed E-state index contributed by atoms with van der Waals surface area (Å²) in [6.45, 7) is 3.74. The Labute approximate surface area is 116 Å². The normalized spacial score (nSPS) is 19.8. The molecule has 1 aromatic carbocycles. The van der Waals surface area contributed by atoms with Crippen molar-refractivity contribution in [2.24, 2.45) is 0 Å². The van der Waals surface area contributed by atoms with Crippen LogP contribution >= 0.6 is 0 Å². The number of hydrogen-bond donors (Lipinski definition) is 1. The molecule has 1 fully saturated rings. The second-order valence-corrected chi connectivity index (χ2v) is 5.54. The van der Waals surface area contributed by atoms with E-state index in [1.165, 1.54) is 24.0 Å². The summed E-state index contributed by atoms with van der Waals surface area (Å²) in [6, 6.07) is 8.40. The molecule has 0 bridgehead atoms. The highest BCUT2D eigenvalue weighted by molar-refractivity contribution is 5.81. The molecule has 1 amide bonds. The third kappa shape index (κ3) is 4.06. The quantitative estimate of drug-likeness (QED) is 0.905. The predicted molar refractivity (Wildman–Crippen MR) is 77.9 cm³/mol. The van der Waals surface area contributed by atoms with Crippen LogP contribution in [0.25, 0.3) is 0 Å². The third-order valence-corrected chi connectivity index (χ3v) is 3.77. The van der Waals surface area contributed by atoms with Gasteiger partial charge in [0.25, 0.3) is 0 Å². The minimum absolute atomic E-state index is 0.0120. The van der Waals surface area contributed by atoms with Crippen LogP contribution in [0.5, 0.6) is 0 Å². The van der Waals surface area contributed by atoms with E-state index in [0.29, 0.717) is 6.54 Å². The smallest absolute Gasteiger partial charge is 0.239 e. The van der Waals surface area contributed by atoms with Crippen LogP contribution < -0.4 is 5.32 Å². The Hall–Kier alpha value is -1.35. The van der Waals surface area contributed by atoms with E-state index in [1.807, 2.05) is 11.9 Å². The van der Waals surface area contributed by atoms with E-state index in [2.05, 4.69) is 36.5 Å². The maximum atomic E-state index is 12.4. The lowest BCUT2D eigenvalue weighted by Crippen LogP contribution is -2.44. The highest BCUT2D eigenvalue weighted by atomic mass is 16.2. The van der Waals surface area contributed by atoms with E-state index < -0.39 is 0 Å². The molecular formula is C16H24N2O. The van der Waals surface area contributed by atoms with Crippen molar-refractivity contribution in [3.63, 3.8) is 0 Å². The number of hydrogen-bond acceptors (Lipinski definition) is 2. The van der Waals surface area contributed by atoms with Gasteiger partial charge in [0.15, 0.2) is 0 Å². The summed E-state index contributed by atoms with van der Waals surface area (Å²) in [6.07, 6.45) is 4.54. The number of carbonyl (C=O) groups excluding carboxylic acids is 1. The minimum atomic E-state index is 0.0120. The van der Waals surface area contributed by atoms with Gasteiger partial charge in [-0.3, -0.25) is 4.79 Å². The molecule has 0 aliphatic carbocycles. The molecule has 0 aromatic heterocycles. The number of carbonyl (C=O) groups is 1. The van der Waals surface area contributed by atoms with Gasteiger partial charge < -0.3 is 10.2 Å². The van der Waals surface area contributed by atoms with Gasteiger partial charge in [0.1, 0.15) is 0 Å². The molecule has 0 spiro atoms. The largest absolute Gasteiger partial charge is 0.340 e. The molecule has 1 aromatic rings. The number of likely N-dealkylation sites (N-methyl/N-ethyl adjacent to an activating group) is 1. The van der Waals surface area contributed by atoms with Gasteiger partial charge in [-0.15, -0.1) is 0 Å². The summed E-state index contributed by atoms with van der Waals surface area (Å²) in [5, 5.41) is 3.37. The standard InChI is InChI=1S/C16H24N2O/c1-13-7-9-14(10-8-13)12-18(2)16(19)15-6-4-3-5-11-17-15/h7-10,15,17H,3-6,11-12H2,1-2H3. The number of amides is 1. The van der Waals surface area contributed by atoms with E-state index in [9.17, 15) is 4.79 Å². The third-order valence-electron chi connectivity index (χ3n) is 3.77. The summed E-state index contributed by atoms with van der Waals surface area (Å²) in [7, 11) is 1.90. The monoisotopic (exact) mass is 260 g/mol. The highest BCUT2D eigenvalue weighted by Gasteiger charge is 2.22. The maximum Gasteiger partial charge on any atom is 0.239 e. The number of nitrogens with zero attached hydrogens (tertiary/aromatic N) is 1. The number of aryl methyl sites for hydroxylation is 1. The fourth-order valence-electron chi connectivity index (χ4n) is 2.55. The van der Waals surface area contributed by atoms with Crippen molar-refractivity contribution in [3.8, 4) is 0 Å². The van der Waals surface area contributed by atoms with Gasteiger partial charge in [0, 0.05) is 13.6 Å². The molecule has 1 atom stereocenters. The van der Waals surface area contributed by atoms with E-state index in [1.54, 1.807) is 0 Å². The van der Waals surface area contributed by atoms with Crippen LogP contribution in [0, 0.1) is 6.92 Å². The Morgan fingerprint density at radius 2 is 2.00 bits per heavy atom. The Bertz CT molecular complexity index is 405. The lowest BCUT2D eigenvalue weighted by molar-refractivity contribution is -0.132. The van der Waals surface area contributed by atoms with Gasteiger partial charge in [-0.05, 0) is 31.9 Å². The summed E-state index contributed by atoms with van der Waals surface area (Å²) in [5.41, 5.74) is 2.44. The molecule has 1 unspecified atom stereocenters. The number of nitrogens with one attached hydrogen (secondary N) is 1. The summed E-state index contributed by atoms with van der Waals surface area (Å²) in [4.78, 5) is 14.2. The average molecular weight is 260 g/mol. The Morgan fingerprint density at radius 3 is 2.74 bits per heavy atom. The molecule has 0 radical (unpaired) electrons. The van der Waals surface area contributed by atoms with Gasteiger partial charge in [-0.1, -0.05) is 42.7 Å². The van der Waals surface area contributed by atoms with Crippen molar-refractivity contribution in [2.45, 2.75) is 45.2 Å². The zero-order valence-corrected chi connectivity index (χ0v) is 12.0.